The number of carboxylic acid groups (broad SMARTS) is 1. The van der Waals surface area contributed by atoms with Crippen LogP contribution in [0.4, 0.5) is 0 Å². The first kappa shape index (κ1) is 14.0. The lowest BCUT2D eigenvalue weighted by Gasteiger charge is -2.25. The van der Waals surface area contributed by atoms with Gasteiger partial charge in [0.05, 0.1) is 0 Å². The summed E-state index contributed by atoms with van der Waals surface area (Å²) in [5.74, 6) is -0.896. The molecule has 0 aliphatic carbocycles. The Labute approximate surface area is 114 Å². The molecule has 1 aliphatic heterocycles. The van der Waals surface area contributed by atoms with Gasteiger partial charge in [0, 0.05) is 12.6 Å². The minimum Gasteiger partial charge on any atom is -0.480 e. The molecule has 0 radical (unpaired) electrons. The molecule has 2 rings (SSSR count). The molecule has 1 fully saturated rings. The number of hydrogen-bond donors (Lipinski definition) is 2. The van der Waals surface area contributed by atoms with Crippen LogP contribution in [0.15, 0.2) is 30.3 Å². The Hall–Kier alpha value is -1.39. The summed E-state index contributed by atoms with van der Waals surface area (Å²) in [4.78, 5) is 13.2. The second-order valence-electron chi connectivity index (χ2n) is 5.27. The summed E-state index contributed by atoms with van der Waals surface area (Å²) >= 11 is 0. The molecule has 2 atom stereocenters. The highest BCUT2D eigenvalue weighted by molar-refractivity contribution is 5.72. The number of carbonyl (C=O) groups is 1. The number of aliphatic carboxylic acids is 1. The average molecular weight is 262 g/mol. The van der Waals surface area contributed by atoms with Crippen LogP contribution < -0.4 is 5.73 Å². The number of rotatable bonds is 6. The van der Waals surface area contributed by atoms with E-state index in [2.05, 4.69) is 29.2 Å². The van der Waals surface area contributed by atoms with Gasteiger partial charge in [0.1, 0.15) is 6.04 Å². The minimum absolute atomic E-state index is 0.477. The largest absolute Gasteiger partial charge is 0.480 e. The van der Waals surface area contributed by atoms with Crippen molar-refractivity contribution in [3.63, 3.8) is 0 Å². The van der Waals surface area contributed by atoms with Gasteiger partial charge in [0.15, 0.2) is 0 Å². The Balaban J connectivity index is 1.85. The van der Waals surface area contributed by atoms with E-state index in [0.717, 1.165) is 25.9 Å². The van der Waals surface area contributed by atoms with Crippen LogP contribution in [0, 0.1) is 0 Å². The fourth-order valence-corrected chi connectivity index (χ4v) is 2.74. The molecule has 2 unspecified atom stereocenters. The standard InChI is InChI=1S/C15H22N2O2/c16-14(15(18)19)9-8-13-7-4-10-17(13)11-12-5-2-1-3-6-12/h1-3,5-6,13-14H,4,7-11,16H2,(H,18,19). The number of benzene rings is 1. The van der Waals surface area contributed by atoms with Crippen molar-refractivity contribution in [2.45, 2.75) is 44.3 Å². The molecular formula is C15H22N2O2. The molecule has 19 heavy (non-hydrogen) atoms. The first-order valence-corrected chi connectivity index (χ1v) is 6.93. The van der Waals surface area contributed by atoms with Gasteiger partial charge < -0.3 is 10.8 Å². The third-order valence-electron chi connectivity index (χ3n) is 3.86. The van der Waals surface area contributed by atoms with Gasteiger partial charge in [0.25, 0.3) is 0 Å². The molecule has 0 saturated carbocycles. The predicted octanol–water partition coefficient (Wildman–Crippen LogP) is 1.84. The number of likely N-dealkylation sites (tertiary alicyclic amines) is 1. The van der Waals surface area contributed by atoms with Crippen LogP contribution in [0.1, 0.15) is 31.2 Å². The van der Waals surface area contributed by atoms with Crippen LogP contribution in [0.3, 0.4) is 0 Å². The topological polar surface area (TPSA) is 66.6 Å². The highest BCUT2D eigenvalue weighted by atomic mass is 16.4. The number of nitrogens with zero attached hydrogens (tertiary/aromatic N) is 1. The highest BCUT2D eigenvalue weighted by Gasteiger charge is 2.25. The Morgan fingerprint density at radius 1 is 1.42 bits per heavy atom. The van der Waals surface area contributed by atoms with Crippen molar-refractivity contribution in [3.8, 4) is 0 Å². The van der Waals surface area contributed by atoms with E-state index in [4.69, 9.17) is 10.8 Å². The summed E-state index contributed by atoms with van der Waals surface area (Å²) in [6.07, 6.45) is 3.78. The van der Waals surface area contributed by atoms with Gasteiger partial charge in [-0.3, -0.25) is 9.69 Å². The first-order valence-electron chi connectivity index (χ1n) is 6.93. The molecule has 104 valence electrons. The van der Waals surface area contributed by atoms with E-state index in [0.29, 0.717) is 12.5 Å². The van der Waals surface area contributed by atoms with Gasteiger partial charge in [-0.1, -0.05) is 30.3 Å². The van der Waals surface area contributed by atoms with Crippen LogP contribution >= 0.6 is 0 Å². The van der Waals surface area contributed by atoms with E-state index in [1.807, 2.05) is 6.07 Å². The van der Waals surface area contributed by atoms with Crippen molar-refractivity contribution in [1.29, 1.82) is 0 Å². The van der Waals surface area contributed by atoms with Crippen molar-refractivity contribution in [2.24, 2.45) is 5.73 Å². The summed E-state index contributed by atoms with van der Waals surface area (Å²) in [7, 11) is 0. The van der Waals surface area contributed by atoms with Crippen molar-refractivity contribution in [2.75, 3.05) is 6.54 Å². The van der Waals surface area contributed by atoms with Crippen molar-refractivity contribution < 1.29 is 9.90 Å². The van der Waals surface area contributed by atoms with E-state index < -0.39 is 12.0 Å². The maximum atomic E-state index is 10.7. The Morgan fingerprint density at radius 2 is 2.16 bits per heavy atom. The summed E-state index contributed by atoms with van der Waals surface area (Å²) in [5.41, 5.74) is 6.89. The van der Waals surface area contributed by atoms with E-state index in [1.165, 1.54) is 12.0 Å². The van der Waals surface area contributed by atoms with E-state index >= 15 is 0 Å². The van der Waals surface area contributed by atoms with Crippen LogP contribution in [-0.2, 0) is 11.3 Å². The van der Waals surface area contributed by atoms with Crippen molar-refractivity contribution in [3.05, 3.63) is 35.9 Å². The molecule has 0 bridgehead atoms. The molecule has 1 aromatic rings. The zero-order valence-electron chi connectivity index (χ0n) is 11.2. The molecular weight excluding hydrogens is 240 g/mol. The Kier molecular flexibility index (Phi) is 4.93. The molecule has 1 heterocycles. The smallest absolute Gasteiger partial charge is 0.320 e. The van der Waals surface area contributed by atoms with Crippen LogP contribution in [-0.4, -0.2) is 34.6 Å². The highest BCUT2D eigenvalue weighted by Crippen LogP contribution is 2.23. The molecule has 0 amide bonds. The molecule has 3 N–H and O–H groups in total. The molecule has 0 spiro atoms. The van der Waals surface area contributed by atoms with E-state index in [9.17, 15) is 4.79 Å². The third kappa shape index (κ3) is 4.04. The minimum atomic E-state index is -0.896. The molecule has 4 nitrogen and oxygen atoms in total. The van der Waals surface area contributed by atoms with Crippen molar-refractivity contribution >= 4 is 5.97 Å². The summed E-state index contributed by atoms with van der Waals surface area (Å²) in [6.45, 7) is 2.05. The molecule has 1 aromatic carbocycles. The number of carboxylic acids is 1. The molecule has 1 saturated heterocycles. The van der Waals surface area contributed by atoms with Crippen LogP contribution in [0.25, 0.3) is 0 Å². The number of hydrogen-bond acceptors (Lipinski definition) is 3. The van der Waals surface area contributed by atoms with Gasteiger partial charge in [-0.2, -0.15) is 0 Å². The SMILES string of the molecule is NC(CCC1CCCN1Cc1ccccc1)C(=O)O. The Morgan fingerprint density at radius 3 is 2.84 bits per heavy atom. The summed E-state index contributed by atoms with van der Waals surface area (Å²) < 4.78 is 0. The predicted molar refractivity (Wildman–Crippen MR) is 74.7 cm³/mol. The van der Waals surface area contributed by atoms with Crippen LogP contribution in [0.2, 0.25) is 0 Å². The quantitative estimate of drug-likeness (QED) is 0.821. The van der Waals surface area contributed by atoms with E-state index in [-0.39, 0.29) is 0 Å². The monoisotopic (exact) mass is 262 g/mol. The van der Waals surface area contributed by atoms with Crippen molar-refractivity contribution in [1.82, 2.24) is 4.90 Å². The van der Waals surface area contributed by atoms with Gasteiger partial charge in [0.2, 0.25) is 0 Å². The van der Waals surface area contributed by atoms with Gasteiger partial charge >= 0.3 is 5.97 Å². The molecule has 4 heteroatoms. The lowest BCUT2D eigenvalue weighted by atomic mass is 10.0. The maximum absolute atomic E-state index is 10.7. The zero-order valence-corrected chi connectivity index (χ0v) is 11.2. The third-order valence-corrected chi connectivity index (χ3v) is 3.86. The fourth-order valence-electron chi connectivity index (χ4n) is 2.74. The molecule has 0 aromatic heterocycles. The van der Waals surface area contributed by atoms with Gasteiger partial charge in [-0.05, 0) is 37.8 Å². The lowest BCUT2D eigenvalue weighted by Crippen LogP contribution is -2.34. The maximum Gasteiger partial charge on any atom is 0.320 e. The summed E-state index contributed by atoms with van der Waals surface area (Å²) in [6, 6.07) is 10.2. The van der Waals surface area contributed by atoms with Gasteiger partial charge in [-0.15, -0.1) is 0 Å². The average Bonchev–Trinajstić information content (AvgIpc) is 2.84. The van der Waals surface area contributed by atoms with Crippen LogP contribution in [0.5, 0.6) is 0 Å². The normalized spacial score (nSPS) is 21.4. The molecule has 1 aliphatic rings. The first-order chi connectivity index (χ1) is 9.16. The number of nitrogens with two attached hydrogens (primary N) is 1. The second-order valence-corrected chi connectivity index (χ2v) is 5.27. The fraction of sp³-hybridized carbons (Fsp3) is 0.533. The van der Waals surface area contributed by atoms with E-state index in [1.54, 1.807) is 0 Å². The summed E-state index contributed by atoms with van der Waals surface area (Å²) in [5, 5.41) is 8.82. The second kappa shape index (κ2) is 6.68. The lowest BCUT2D eigenvalue weighted by molar-refractivity contribution is -0.138. The van der Waals surface area contributed by atoms with Gasteiger partial charge in [-0.25, -0.2) is 0 Å². The zero-order chi connectivity index (χ0) is 13.7. The Bertz CT molecular complexity index is 408.